The smallest absolute Gasteiger partial charge is 0.324 e. The molecule has 0 aromatic heterocycles. The summed E-state index contributed by atoms with van der Waals surface area (Å²) >= 11 is 0. The Hall–Kier alpha value is -1.10. The van der Waals surface area contributed by atoms with Crippen LogP contribution in [0.3, 0.4) is 0 Å². The third-order valence-electron chi connectivity index (χ3n) is 4.22. The lowest BCUT2D eigenvalue weighted by Gasteiger charge is -2.41. The topological polar surface area (TPSA) is 86.6 Å². The van der Waals surface area contributed by atoms with Crippen molar-refractivity contribution in [2.45, 2.75) is 52.5 Å². The lowest BCUT2D eigenvalue weighted by Crippen LogP contribution is -2.61. The molecule has 0 aromatic rings. The first-order valence-electron chi connectivity index (χ1n) is 6.27. The number of carboxylic acids is 2. The van der Waals surface area contributed by atoms with Crippen molar-refractivity contribution in [2.24, 2.45) is 10.8 Å². The highest BCUT2D eigenvalue weighted by atomic mass is 16.4. The van der Waals surface area contributed by atoms with E-state index in [-0.39, 0.29) is 6.54 Å². The number of carbonyl (C=O) groups is 2. The molecule has 1 fully saturated rings. The lowest BCUT2D eigenvalue weighted by atomic mass is 9.71. The van der Waals surface area contributed by atoms with E-state index in [0.717, 1.165) is 0 Å². The second-order valence-electron chi connectivity index (χ2n) is 6.53. The minimum absolute atomic E-state index is 0.186. The minimum Gasteiger partial charge on any atom is -0.481 e. The maximum atomic E-state index is 11.6. The summed E-state index contributed by atoms with van der Waals surface area (Å²) in [5.41, 5.74) is -2.41. The predicted molar refractivity (Wildman–Crippen MR) is 67.4 cm³/mol. The highest BCUT2D eigenvalue weighted by Crippen LogP contribution is 2.40. The molecular weight excluding hydrogens is 234 g/mol. The van der Waals surface area contributed by atoms with Gasteiger partial charge in [-0.25, -0.2) is 0 Å². The molecule has 104 valence electrons. The van der Waals surface area contributed by atoms with Gasteiger partial charge < -0.3 is 15.5 Å². The van der Waals surface area contributed by atoms with Crippen molar-refractivity contribution in [3.63, 3.8) is 0 Å². The maximum Gasteiger partial charge on any atom is 0.324 e. The Morgan fingerprint density at radius 2 is 1.67 bits per heavy atom. The van der Waals surface area contributed by atoms with E-state index >= 15 is 0 Å². The molecular formula is C13H23NO4. The Labute approximate surface area is 108 Å². The molecule has 1 saturated heterocycles. The first-order chi connectivity index (χ1) is 8.05. The summed E-state index contributed by atoms with van der Waals surface area (Å²) in [6.45, 7) is 7.47. The van der Waals surface area contributed by atoms with Gasteiger partial charge >= 0.3 is 11.9 Å². The highest BCUT2D eigenvalue weighted by Gasteiger charge is 2.51. The average molecular weight is 257 g/mol. The van der Waals surface area contributed by atoms with Crippen molar-refractivity contribution in [3.05, 3.63) is 0 Å². The molecule has 5 nitrogen and oxygen atoms in total. The van der Waals surface area contributed by atoms with E-state index in [0.29, 0.717) is 19.3 Å². The van der Waals surface area contributed by atoms with E-state index in [1.165, 1.54) is 0 Å². The number of hydrogen-bond donors (Lipinski definition) is 3. The van der Waals surface area contributed by atoms with Gasteiger partial charge in [0.15, 0.2) is 0 Å². The molecule has 0 saturated carbocycles. The van der Waals surface area contributed by atoms with Crippen molar-refractivity contribution in [1.82, 2.24) is 5.32 Å². The van der Waals surface area contributed by atoms with Crippen LogP contribution in [0.15, 0.2) is 0 Å². The largest absolute Gasteiger partial charge is 0.481 e. The molecule has 2 atom stereocenters. The SMILES string of the molecule is CC1(C(=O)O)CCCC(C(=O)O)(C(C)(C)C)NC1. The van der Waals surface area contributed by atoms with Crippen molar-refractivity contribution < 1.29 is 19.8 Å². The molecule has 0 amide bonds. The van der Waals surface area contributed by atoms with Gasteiger partial charge in [-0.3, -0.25) is 9.59 Å². The van der Waals surface area contributed by atoms with Crippen molar-refractivity contribution >= 4 is 11.9 Å². The summed E-state index contributed by atoms with van der Waals surface area (Å²) in [6, 6.07) is 0. The van der Waals surface area contributed by atoms with Gasteiger partial charge in [-0.05, 0) is 31.6 Å². The Kier molecular flexibility index (Phi) is 3.77. The van der Waals surface area contributed by atoms with Gasteiger partial charge in [-0.2, -0.15) is 0 Å². The summed E-state index contributed by atoms with van der Waals surface area (Å²) in [6.07, 6.45) is 1.55. The van der Waals surface area contributed by atoms with Crippen LogP contribution >= 0.6 is 0 Å². The quantitative estimate of drug-likeness (QED) is 0.701. The van der Waals surface area contributed by atoms with Crippen LogP contribution in [0, 0.1) is 10.8 Å². The first-order valence-corrected chi connectivity index (χ1v) is 6.27. The van der Waals surface area contributed by atoms with E-state index in [1.807, 2.05) is 20.8 Å². The van der Waals surface area contributed by atoms with Gasteiger partial charge in [-0.15, -0.1) is 0 Å². The van der Waals surface area contributed by atoms with E-state index in [2.05, 4.69) is 5.32 Å². The zero-order chi connectivity index (χ0) is 14.2. The normalized spacial score (nSPS) is 33.8. The van der Waals surface area contributed by atoms with Gasteiger partial charge in [0.25, 0.3) is 0 Å². The fraction of sp³-hybridized carbons (Fsp3) is 0.846. The van der Waals surface area contributed by atoms with Gasteiger partial charge in [0.1, 0.15) is 5.54 Å². The Bertz CT molecular complexity index is 360. The van der Waals surface area contributed by atoms with Gasteiger partial charge in [-0.1, -0.05) is 20.8 Å². The van der Waals surface area contributed by atoms with E-state index in [4.69, 9.17) is 0 Å². The molecule has 18 heavy (non-hydrogen) atoms. The third kappa shape index (κ3) is 2.36. The van der Waals surface area contributed by atoms with Crippen LogP contribution in [-0.4, -0.2) is 34.2 Å². The molecule has 1 aliphatic rings. The maximum absolute atomic E-state index is 11.6. The van der Waals surface area contributed by atoms with E-state index in [9.17, 15) is 19.8 Å². The van der Waals surface area contributed by atoms with Crippen LogP contribution in [0.1, 0.15) is 47.0 Å². The molecule has 0 radical (unpaired) electrons. The summed E-state index contributed by atoms with van der Waals surface area (Å²) in [5.74, 6) is -1.77. The van der Waals surface area contributed by atoms with Crippen LogP contribution in [0.25, 0.3) is 0 Å². The van der Waals surface area contributed by atoms with Crippen LogP contribution in [0.2, 0.25) is 0 Å². The molecule has 0 bridgehead atoms. The van der Waals surface area contributed by atoms with Gasteiger partial charge in [0.05, 0.1) is 5.41 Å². The highest BCUT2D eigenvalue weighted by molar-refractivity contribution is 5.81. The minimum atomic E-state index is -1.06. The summed E-state index contributed by atoms with van der Waals surface area (Å²) in [5, 5.41) is 21.8. The number of nitrogens with one attached hydrogen (secondary N) is 1. The molecule has 2 unspecified atom stereocenters. The second-order valence-corrected chi connectivity index (χ2v) is 6.53. The predicted octanol–water partition coefficient (Wildman–Crippen LogP) is 1.72. The molecule has 3 N–H and O–H groups in total. The van der Waals surface area contributed by atoms with Gasteiger partial charge in [0, 0.05) is 6.54 Å². The fourth-order valence-corrected chi connectivity index (χ4v) is 2.59. The standard InChI is InChI=1S/C13H23NO4/c1-11(2,3)13(10(17)18)7-5-6-12(4,8-14-13)9(15)16/h14H,5-8H2,1-4H3,(H,15,16)(H,17,18). The molecule has 1 rings (SSSR count). The van der Waals surface area contributed by atoms with Crippen LogP contribution in [0.5, 0.6) is 0 Å². The molecule has 1 heterocycles. The zero-order valence-corrected chi connectivity index (χ0v) is 11.5. The Morgan fingerprint density at radius 3 is 2.06 bits per heavy atom. The molecule has 0 aliphatic carbocycles. The van der Waals surface area contributed by atoms with Gasteiger partial charge in [0.2, 0.25) is 0 Å². The number of rotatable bonds is 2. The molecule has 5 heteroatoms. The molecule has 0 spiro atoms. The Balaban J connectivity index is 3.07. The first kappa shape index (κ1) is 15.0. The number of carboxylic acid groups (broad SMARTS) is 2. The lowest BCUT2D eigenvalue weighted by molar-refractivity contribution is -0.152. The van der Waals surface area contributed by atoms with Crippen LogP contribution in [0.4, 0.5) is 0 Å². The zero-order valence-electron chi connectivity index (χ0n) is 11.5. The third-order valence-corrected chi connectivity index (χ3v) is 4.22. The monoisotopic (exact) mass is 257 g/mol. The molecule has 0 aromatic carbocycles. The second kappa shape index (κ2) is 4.53. The van der Waals surface area contributed by atoms with Crippen LogP contribution in [-0.2, 0) is 9.59 Å². The van der Waals surface area contributed by atoms with E-state index < -0.39 is 28.3 Å². The van der Waals surface area contributed by atoms with Crippen molar-refractivity contribution in [3.8, 4) is 0 Å². The number of hydrogen-bond acceptors (Lipinski definition) is 3. The van der Waals surface area contributed by atoms with Crippen molar-refractivity contribution in [1.29, 1.82) is 0 Å². The summed E-state index contributed by atoms with van der Waals surface area (Å²) < 4.78 is 0. The summed E-state index contributed by atoms with van der Waals surface area (Å²) in [7, 11) is 0. The number of aliphatic carboxylic acids is 2. The average Bonchev–Trinajstić information content (AvgIpc) is 2.38. The van der Waals surface area contributed by atoms with Crippen molar-refractivity contribution in [2.75, 3.05) is 6.54 Å². The fourth-order valence-electron chi connectivity index (χ4n) is 2.59. The summed E-state index contributed by atoms with van der Waals surface area (Å²) in [4.78, 5) is 22.9. The van der Waals surface area contributed by atoms with Crippen LogP contribution < -0.4 is 5.32 Å². The van der Waals surface area contributed by atoms with E-state index in [1.54, 1.807) is 6.92 Å². The molecule has 1 aliphatic heterocycles. The Morgan fingerprint density at radius 1 is 1.11 bits per heavy atom.